The molecule has 0 aliphatic heterocycles. The van der Waals surface area contributed by atoms with Gasteiger partial charge < -0.3 is 10.4 Å². The Labute approximate surface area is 229 Å². The smallest absolute Gasteiger partial charge is 0.434 e. The van der Waals surface area contributed by atoms with Crippen molar-refractivity contribution in [2.24, 2.45) is 9.98 Å². The van der Waals surface area contributed by atoms with Gasteiger partial charge in [-0.2, -0.15) is 18.3 Å². The first-order valence-electron chi connectivity index (χ1n) is 10.7. The third-order valence-corrected chi connectivity index (χ3v) is 5.89. The second-order valence-electron chi connectivity index (χ2n) is 7.69. The molecule has 0 aliphatic rings. The summed E-state index contributed by atoms with van der Waals surface area (Å²) in [6.45, 7) is 5.07. The minimum atomic E-state index is -4.65. The Morgan fingerprint density at radius 2 is 2.08 bits per heavy atom. The van der Waals surface area contributed by atoms with Gasteiger partial charge in [0.25, 0.3) is 5.91 Å². The van der Waals surface area contributed by atoms with Gasteiger partial charge in [0.1, 0.15) is 11.5 Å². The van der Waals surface area contributed by atoms with E-state index in [4.69, 9.17) is 11.6 Å². The molecule has 2 aromatic heterocycles. The van der Waals surface area contributed by atoms with Gasteiger partial charge in [0, 0.05) is 35.3 Å². The Bertz CT molecular complexity index is 1400. The summed E-state index contributed by atoms with van der Waals surface area (Å²) < 4.78 is 41.3. The van der Waals surface area contributed by atoms with Crippen molar-refractivity contribution in [1.82, 2.24) is 14.8 Å². The predicted molar refractivity (Wildman–Crippen MR) is 146 cm³/mol. The number of nitrogens with one attached hydrogen (secondary N) is 1. The van der Waals surface area contributed by atoms with Gasteiger partial charge in [-0.1, -0.05) is 18.2 Å². The van der Waals surface area contributed by atoms with Crippen LogP contribution < -0.4 is 5.32 Å². The predicted octanol–water partition coefficient (Wildman–Crippen LogP) is 5.86. The first-order chi connectivity index (χ1) is 17.4. The normalized spacial score (nSPS) is 12.2. The van der Waals surface area contributed by atoms with Crippen LogP contribution in [0.1, 0.15) is 27.3 Å². The van der Waals surface area contributed by atoms with Gasteiger partial charge in [0.15, 0.2) is 11.5 Å². The fourth-order valence-corrected chi connectivity index (χ4v) is 4.32. The van der Waals surface area contributed by atoms with Gasteiger partial charge in [-0.05, 0) is 65.4 Å². The molecule has 0 radical (unpaired) electrons. The number of aromatic nitrogens is 3. The van der Waals surface area contributed by atoms with E-state index >= 15 is 0 Å². The molecule has 1 aromatic carbocycles. The van der Waals surface area contributed by atoms with E-state index in [1.807, 2.05) is 6.07 Å². The van der Waals surface area contributed by atoms with Crippen LogP contribution in [0.4, 0.5) is 18.9 Å². The van der Waals surface area contributed by atoms with Gasteiger partial charge in [-0.3, -0.25) is 14.8 Å². The number of halogens is 5. The summed E-state index contributed by atoms with van der Waals surface area (Å²) in [5.41, 5.74) is 0.560. The summed E-state index contributed by atoms with van der Waals surface area (Å²) >= 11 is 8.37. The highest BCUT2D eigenvalue weighted by Gasteiger charge is 2.34. The van der Waals surface area contributed by atoms with Crippen molar-refractivity contribution >= 4 is 63.5 Å². The number of nitrogens with zero attached hydrogens (tertiary/aromatic N) is 5. The molecule has 0 atom stereocenters. The standard InChI is InChI=1S/C24H21ClF3IN6O2/c1-13-9-15(29)10-17(14(2)36)21(13)33-23(37)19-11-16(6-8-31-20(12-30-3)24(26,27)28)34-35(19)22-18(25)5-4-7-32-22/h4-5,7,9-12,36H,2,6,8H2,1,3H3,(H,33,37)/b30-12-,31-20+. The number of pyridine rings is 1. The molecule has 0 bridgehead atoms. The van der Waals surface area contributed by atoms with E-state index in [-0.39, 0.29) is 41.0 Å². The van der Waals surface area contributed by atoms with Crippen LogP contribution in [0.15, 0.2) is 53.1 Å². The van der Waals surface area contributed by atoms with E-state index in [0.717, 1.165) is 3.57 Å². The van der Waals surface area contributed by atoms with Crippen molar-refractivity contribution in [3.05, 3.63) is 74.2 Å². The average molecular weight is 645 g/mol. The molecule has 3 rings (SSSR count). The molecule has 0 saturated carbocycles. The highest BCUT2D eigenvalue weighted by atomic mass is 127. The molecule has 0 fully saturated rings. The van der Waals surface area contributed by atoms with Crippen LogP contribution in [0, 0.1) is 10.5 Å². The first-order valence-corrected chi connectivity index (χ1v) is 12.1. The minimum Gasteiger partial charge on any atom is -0.508 e. The molecule has 1 amide bonds. The molecule has 0 unspecified atom stereocenters. The summed E-state index contributed by atoms with van der Waals surface area (Å²) in [7, 11) is 1.22. The van der Waals surface area contributed by atoms with Crippen molar-refractivity contribution in [1.29, 1.82) is 0 Å². The lowest BCUT2D eigenvalue weighted by molar-refractivity contribution is -0.0566. The Morgan fingerprint density at radius 3 is 2.70 bits per heavy atom. The number of aliphatic hydroxyl groups excluding tert-OH is 1. The molecule has 3 aromatic rings. The van der Waals surface area contributed by atoms with Gasteiger partial charge in [0.05, 0.1) is 22.6 Å². The van der Waals surface area contributed by atoms with Crippen LogP contribution in [-0.2, 0) is 6.42 Å². The lowest BCUT2D eigenvalue weighted by Gasteiger charge is -2.15. The number of benzene rings is 1. The molecule has 0 spiro atoms. The maximum absolute atomic E-state index is 13.4. The molecule has 13 heteroatoms. The molecule has 37 heavy (non-hydrogen) atoms. The van der Waals surface area contributed by atoms with Crippen LogP contribution in [0.2, 0.25) is 5.02 Å². The topological polar surface area (TPSA) is 105 Å². The summed E-state index contributed by atoms with van der Waals surface area (Å²) in [6, 6.07) is 8.07. The summed E-state index contributed by atoms with van der Waals surface area (Å²) in [5, 5.41) is 17.4. The number of rotatable bonds is 8. The minimum absolute atomic E-state index is 0.00385. The third kappa shape index (κ3) is 6.95. The number of hydrogen-bond acceptors (Lipinski definition) is 6. The second-order valence-corrected chi connectivity index (χ2v) is 9.34. The maximum Gasteiger partial charge on any atom is 0.434 e. The number of alkyl halides is 3. The number of amides is 1. The molecule has 8 nitrogen and oxygen atoms in total. The lowest BCUT2D eigenvalue weighted by atomic mass is 10.1. The average Bonchev–Trinajstić information content (AvgIpc) is 3.23. The first kappa shape index (κ1) is 28.3. The van der Waals surface area contributed by atoms with Gasteiger partial charge in [0.2, 0.25) is 0 Å². The van der Waals surface area contributed by atoms with Crippen LogP contribution >= 0.6 is 34.2 Å². The number of aryl methyl sites for hydroxylation is 1. The Balaban J connectivity index is 2.00. The van der Waals surface area contributed by atoms with E-state index in [1.54, 1.807) is 25.1 Å². The van der Waals surface area contributed by atoms with E-state index in [2.05, 4.69) is 54.6 Å². The van der Waals surface area contributed by atoms with Crippen molar-refractivity contribution < 1.29 is 23.1 Å². The fraction of sp³-hybridized carbons (Fsp3) is 0.208. The molecular weight excluding hydrogens is 624 g/mol. The van der Waals surface area contributed by atoms with Crippen molar-refractivity contribution in [2.75, 3.05) is 18.9 Å². The Hall–Kier alpha value is -3.26. The van der Waals surface area contributed by atoms with E-state index in [9.17, 15) is 23.1 Å². The summed E-state index contributed by atoms with van der Waals surface area (Å²) in [6.07, 6.45) is -2.55. The Kier molecular flexibility index (Phi) is 9.07. The van der Waals surface area contributed by atoms with Gasteiger partial charge in [-0.15, -0.1) is 0 Å². The highest BCUT2D eigenvalue weighted by molar-refractivity contribution is 14.1. The highest BCUT2D eigenvalue weighted by Crippen LogP contribution is 2.29. The van der Waals surface area contributed by atoms with Crippen LogP contribution in [0.3, 0.4) is 0 Å². The number of hydrogen-bond donors (Lipinski definition) is 2. The zero-order valence-electron chi connectivity index (χ0n) is 19.6. The number of anilines is 1. The van der Waals surface area contributed by atoms with E-state index in [1.165, 1.54) is 24.0 Å². The van der Waals surface area contributed by atoms with Crippen molar-refractivity contribution in [3.8, 4) is 5.82 Å². The second kappa shape index (κ2) is 11.9. The number of aliphatic imine (C=N–C) groups is 2. The molecule has 2 heterocycles. The SMILES string of the molecule is C=C(O)c1cc(I)cc(C)c1NC(=O)c1cc(CC/N=C(\C=N/C)C(F)(F)F)nn1-c1ncccc1Cl. The van der Waals surface area contributed by atoms with Crippen LogP contribution in [0.25, 0.3) is 11.6 Å². The molecular formula is C24H21ClF3IN6O2. The summed E-state index contributed by atoms with van der Waals surface area (Å²) in [4.78, 5) is 24.6. The van der Waals surface area contributed by atoms with Crippen molar-refractivity contribution in [3.63, 3.8) is 0 Å². The maximum atomic E-state index is 13.4. The largest absolute Gasteiger partial charge is 0.508 e. The number of aliphatic hydroxyl groups is 1. The molecule has 0 aliphatic carbocycles. The zero-order chi connectivity index (χ0) is 27.3. The lowest BCUT2D eigenvalue weighted by Crippen LogP contribution is -2.24. The van der Waals surface area contributed by atoms with Crippen LogP contribution in [0.5, 0.6) is 0 Å². The van der Waals surface area contributed by atoms with Crippen LogP contribution in [-0.4, -0.2) is 57.5 Å². The summed E-state index contributed by atoms with van der Waals surface area (Å²) in [5.74, 6) is -0.679. The monoisotopic (exact) mass is 644 g/mol. The third-order valence-electron chi connectivity index (χ3n) is 4.97. The van der Waals surface area contributed by atoms with E-state index < -0.39 is 17.8 Å². The fourth-order valence-electron chi connectivity index (χ4n) is 3.34. The number of carbonyl (C=O) groups excluding carboxylic acids is 1. The zero-order valence-corrected chi connectivity index (χ0v) is 22.6. The van der Waals surface area contributed by atoms with Crippen molar-refractivity contribution in [2.45, 2.75) is 19.5 Å². The Morgan fingerprint density at radius 1 is 1.35 bits per heavy atom. The van der Waals surface area contributed by atoms with Gasteiger partial charge in [-0.25, -0.2) is 9.67 Å². The molecule has 0 saturated heterocycles. The van der Waals surface area contributed by atoms with E-state index in [0.29, 0.717) is 23.0 Å². The number of carbonyl (C=O) groups is 1. The molecule has 2 N–H and O–H groups in total. The van der Waals surface area contributed by atoms with Gasteiger partial charge >= 0.3 is 6.18 Å². The quantitative estimate of drug-likeness (QED) is 0.182. The molecule has 194 valence electrons.